The standard InChI is InChI=1S/C26H31F2N7O2S/c1-15-7-5-4-6-12-35(15)34-16(2)29-22-14-20(23-25(31-22)33-26(32-23)24(27)28)30-19-11-10-18(17-8-9-17)13-21(19)38(3,36)37/h10-11,13-14,17,24H,1,4-9,12H2,2-3H3,(H3,29,30,31,32,33,34). The maximum Gasteiger partial charge on any atom is 0.295 e. The first-order valence-electron chi connectivity index (χ1n) is 12.7. The third kappa shape index (κ3) is 5.79. The maximum absolute atomic E-state index is 13.5. The Morgan fingerprint density at radius 2 is 1.97 bits per heavy atom. The highest BCUT2D eigenvalue weighted by molar-refractivity contribution is 7.90. The summed E-state index contributed by atoms with van der Waals surface area (Å²) in [5.41, 5.74) is 6.14. The maximum atomic E-state index is 13.5. The van der Waals surface area contributed by atoms with E-state index in [1.165, 1.54) is 0 Å². The van der Waals surface area contributed by atoms with Crippen LogP contribution < -0.4 is 10.7 Å². The number of nitrogens with one attached hydrogen (secondary N) is 3. The van der Waals surface area contributed by atoms with Gasteiger partial charge in [-0.3, -0.25) is 10.4 Å². The normalized spacial score (nSPS) is 17.2. The zero-order valence-corrected chi connectivity index (χ0v) is 22.2. The minimum Gasteiger partial charge on any atom is -0.353 e. The molecule has 1 saturated carbocycles. The Hall–Kier alpha value is -3.54. The Labute approximate surface area is 220 Å². The molecule has 2 fully saturated rings. The van der Waals surface area contributed by atoms with Crippen molar-refractivity contribution >= 4 is 44.0 Å². The topological polar surface area (TPSA) is 115 Å². The molecule has 2 aromatic heterocycles. The van der Waals surface area contributed by atoms with Crippen LogP contribution in [0.2, 0.25) is 0 Å². The van der Waals surface area contributed by atoms with Gasteiger partial charge in [-0.15, -0.1) is 0 Å². The second-order valence-electron chi connectivity index (χ2n) is 9.91. The van der Waals surface area contributed by atoms with Crippen molar-refractivity contribution in [2.75, 3.05) is 18.1 Å². The highest BCUT2D eigenvalue weighted by Crippen LogP contribution is 2.42. The Morgan fingerprint density at radius 3 is 2.68 bits per heavy atom. The second kappa shape index (κ2) is 10.3. The minimum atomic E-state index is -3.57. The number of rotatable bonds is 7. The van der Waals surface area contributed by atoms with Crippen molar-refractivity contribution in [3.8, 4) is 0 Å². The largest absolute Gasteiger partial charge is 0.353 e. The van der Waals surface area contributed by atoms with Crippen LogP contribution >= 0.6 is 0 Å². The number of aromatic amines is 1. The number of amidine groups is 1. The fraction of sp³-hybridized carbons (Fsp3) is 0.423. The van der Waals surface area contributed by atoms with Gasteiger partial charge in [0.2, 0.25) is 0 Å². The van der Waals surface area contributed by atoms with Crippen molar-refractivity contribution in [2.45, 2.75) is 62.7 Å². The van der Waals surface area contributed by atoms with Gasteiger partial charge in [0, 0.05) is 24.6 Å². The summed E-state index contributed by atoms with van der Waals surface area (Å²) in [6.45, 7) is 6.72. The first kappa shape index (κ1) is 26.1. The van der Waals surface area contributed by atoms with Gasteiger partial charge in [0.1, 0.15) is 11.4 Å². The van der Waals surface area contributed by atoms with Crippen molar-refractivity contribution in [3.63, 3.8) is 0 Å². The molecule has 0 bridgehead atoms. The molecule has 1 saturated heterocycles. The SMILES string of the molecule is C=C1CCCCCN1NC(C)=Nc1cc(Nc2ccc(C3CC3)cc2S(C)(=O)=O)c2[nH]c(C(F)F)nc2n1. The molecule has 12 heteroatoms. The van der Waals surface area contributed by atoms with E-state index in [4.69, 9.17) is 0 Å². The van der Waals surface area contributed by atoms with Gasteiger partial charge in [-0.2, -0.15) is 0 Å². The van der Waals surface area contributed by atoms with E-state index < -0.39 is 22.1 Å². The Morgan fingerprint density at radius 1 is 1.18 bits per heavy atom. The molecule has 0 amide bonds. The van der Waals surface area contributed by atoms with Crippen LogP contribution in [0.15, 0.2) is 46.4 Å². The molecule has 0 atom stereocenters. The number of fused-ring (bicyclic) bond motifs is 1. The summed E-state index contributed by atoms with van der Waals surface area (Å²) in [5.74, 6) is 0.615. The van der Waals surface area contributed by atoms with Gasteiger partial charge < -0.3 is 10.3 Å². The molecule has 3 aromatic rings. The molecule has 202 valence electrons. The number of nitrogens with zero attached hydrogens (tertiary/aromatic N) is 4. The fourth-order valence-electron chi connectivity index (χ4n) is 4.61. The van der Waals surface area contributed by atoms with Gasteiger partial charge in [-0.1, -0.05) is 19.1 Å². The van der Waals surface area contributed by atoms with Crippen LogP contribution in [0.4, 0.5) is 26.0 Å². The summed E-state index contributed by atoms with van der Waals surface area (Å²) >= 11 is 0. The number of pyridine rings is 1. The number of anilines is 2. The number of imidazole rings is 1. The van der Waals surface area contributed by atoms with E-state index in [1.54, 1.807) is 25.1 Å². The van der Waals surface area contributed by atoms with E-state index in [2.05, 4.69) is 37.3 Å². The molecular formula is C26H31F2N7O2S. The molecule has 38 heavy (non-hydrogen) atoms. The molecule has 0 radical (unpaired) electrons. The third-order valence-corrected chi connectivity index (χ3v) is 7.84. The summed E-state index contributed by atoms with van der Waals surface area (Å²) in [4.78, 5) is 15.6. The van der Waals surface area contributed by atoms with Gasteiger partial charge in [0.15, 0.2) is 27.1 Å². The van der Waals surface area contributed by atoms with Crippen molar-refractivity contribution in [1.29, 1.82) is 0 Å². The summed E-state index contributed by atoms with van der Waals surface area (Å²) in [6.07, 6.45) is 4.53. The van der Waals surface area contributed by atoms with Crippen molar-refractivity contribution < 1.29 is 17.2 Å². The van der Waals surface area contributed by atoms with E-state index in [9.17, 15) is 17.2 Å². The molecule has 2 aliphatic rings. The molecule has 1 aliphatic carbocycles. The smallest absolute Gasteiger partial charge is 0.295 e. The summed E-state index contributed by atoms with van der Waals surface area (Å²) < 4.78 is 52.2. The number of aromatic nitrogens is 3. The first-order chi connectivity index (χ1) is 18.1. The fourth-order valence-corrected chi connectivity index (χ4v) is 5.48. The minimum absolute atomic E-state index is 0.0477. The number of H-pyrrole nitrogens is 1. The van der Waals surface area contributed by atoms with Crippen molar-refractivity contribution in [3.05, 3.63) is 47.9 Å². The monoisotopic (exact) mass is 543 g/mol. The van der Waals surface area contributed by atoms with Gasteiger partial charge >= 0.3 is 0 Å². The average Bonchev–Trinajstić information content (AvgIpc) is 3.63. The molecule has 9 nitrogen and oxygen atoms in total. The molecule has 1 aliphatic heterocycles. The third-order valence-electron chi connectivity index (χ3n) is 6.70. The van der Waals surface area contributed by atoms with E-state index in [-0.39, 0.29) is 21.9 Å². The molecular weight excluding hydrogens is 512 g/mol. The van der Waals surface area contributed by atoms with E-state index >= 15 is 0 Å². The molecule has 0 spiro atoms. The molecule has 5 rings (SSSR count). The van der Waals surface area contributed by atoms with Crippen molar-refractivity contribution in [2.24, 2.45) is 4.99 Å². The van der Waals surface area contributed by atoms with Crippen LogP contribution in [-0.4, -0.2) is 47.0 Å². The van der Waals surface area contributed by atoms with E-state index in [1.807, 2.05) is 11.1 Å². The van der Waals surface area contributed by atoms with Crippen LogP contribution in [0, 0.1) is 0 Å². The van der Waals surface area contributed by atoms with Gasteiger partial charge in [-0.05, 0) is 62.6 Å². The first-order valence-corrected chi connectivity index (χ1v) is 14.5. The second-order valence-corrected chi connectivity index (χ2v) is 11.9. The number of sulfone groups is 1. The van der Waals surface area contributed by atoms with Gasteiger partial charge in [0.25, 0.3) is 6.43 Å². The van der Waals surface area contributed by atoms with Crippen molar-refractivity contribution in [1.82, 2.24) is 25.4 Å². The lowest BCUT2D eigenvalue weighted by Gasteiger charge is -2.26. The lowest BCUT2D eigenvalue weighted by atomic mass is 10.1. The molecule has 3 N–H and O–H groups in total. The number of benzene rings is 1. The van der Waals surface area contributed by atoms with E-state index in [0.717, 1.165) is 62.6 Å². The predicted molar refractivity (Wildman–Crippen MR) is 144 cm³/mol. The van der Waals surface area contributed by atoms with Crippen LogP contribution in [0.5, 0.6) is 0 Å². The Bertz CT molecular complexity index is 1510. The number of halogens is 2. The van der Waals surface area contributed by atoms with Crippen LogP contribution in [0.25, 0.3) is 11.2 Å². The Kier molecular flexibility index (Phi) is 7.08. The quantitative estimate of drug-likeness (QED) is 0.252. The summed E-state index contributed by atoms with van der Waals surface area (Å²) in [7, 11) is -3.57. The number of allylic oxidation sites excluding steroid dienone is 1. The highest BCUT2D eigenvalue weighted by atomic mass is 32.2. The molecule has 0 unspecified atom stereocenters. The number of hydrogen-bond acceptors (Lipinski definition) is 7. The van der Waals surface area contributed by atoms with Gasteiger partial charge in [0.05, 0.1) is 16.3 Å². The van der Waals surface area contributed by atoms with Crippen LogP contribution in [-0.2, 0) is 9.84 Å². The van der Waals surface area contributed by atoms with Gasteiger partial charge in [-0.25, -0.2) is 32.2 Å². The average molecular weight is 544 g/mol. The lowest BCUT2D eigenvalue weighted by molar-refractivity contribution is 0.142. The zero-order valence-electron chi connectivity index (χ0n) is 21.4. The Balaban J connectivity index is 1.53. The summed E-state index contributed by atoms with van der Waals surface area (Å²) in [5, 5.41) is 5.09. The number of alkyl halides is 2. The number of hydrogen-bond donors (Lipinski definition) is 3. The molecule has 1 aromatic carbocycles. The highest BCUT2D eigenvalue weighted by Gasteiger charge is 2.26. The van der Waals surface area contributed by atoms with Crippen LogP contribution in [0.1, 0.15) is 69.2 Å². The van der Waals surface area contributed by atoms with Crippen LogP contribution in [0.3, 0.4) is 0 Å². The molecule has 3 heterocycles. The van der Waals surface area contributed by atoms with E-state index in [0.29, 0.717) is 23.1 Å². The zero-order chi connectivity index (χ0) is 27.0. The number of hydrazine groups is 1. The lowest BCUT2D eigenvalue weighted by Crippen LogP contribution is -2.40. The summed E-state index contributed by atoms with van der Waals surface area (Å²) in [6, 6.07) is 6.87. The predicted octanol–water partition coefficient (Wildman–Crippen LogP) is 5.86. The number of aliphatic imine (C=N–C) groups is 1.